The molecule has 6 nitrogen and oxygen atoms in total. The summed E-state index contributed by atoms with van der Waals surface area (Å²) in [5.41, 5.74) is 0.988. The van der Waals surface area contributed by atoms with E-state index in [1.165, 1.54) is 37.5 Å². The molecular weight excluding hydrogens is 286 g/mol. The van der Waals surface area contributed by atoms with Crippen molar-refractivity contribution in [2.24, 2.45) is 0 Å². The van der Waals surface area contributed by atoms with Crippen LogP contribution in [0.5, 0.6) is 5.75 Å². The molecule has 0 fully saturated rings. The van der Waals surface area contributed by atoms with Crippen LogP contribution in [0, 0.1) is 10.1 Å². The van der Waals surface area contributed by atoms with Crippen molar-refractivity contribution >= 4 is 23.3 Å². The molecule has 0 bridgehead atoms. The van der Waals surface area contributed by atoms with Gasteiger partial charge < -0.3 is 9.84 Å². The molecule has 0 saturated carbocycles. The summed E-state index contributed by atoms with van der Waals surface area (Å²) in [6.45, 7) is 0. The number of nitro groups is 1. The molecule has 0 aliphatic carbocycles. The molecule has 0 saturated heterocycles. The topological polar surface area (TPSA) is 89.7 Å². The van der Waals surface area contributed by atoms with Gasteiger partial charge in [0, 0.05) is 17.7 Å². The average Bonchev–Trinajstić information content (AvgIpc) is 2.52. The van der Waals surface area contributed by atoms with Crippen molar-refractivity contribution in [3.05, 3.63) is 69.8 Å². The Morgan fingerprint density at radius 1 is 1.18 bits per heavy atom. The molecule has 0 radical (unpaired) electrons. The molecule has 0 atom stereocenters. The van der Waals surface area contributed by atoms with Crippen LogP contribution in [0.2, 0.25) is 0 Å². The van der Waals surface area contributed by atoms with Crippen LogP contribution in [0.1, 0.15) is 11.1 Å². The molecule has 0 aliphatic rings. The Kier molecular flexibility index (Phi) is 4.53. The Balaban J connectivity index is 2.47. The fourth-order valence-electron chi connectivity index (χ4n) is 1.98. The van der Waals surface area contributed by atoms with E-state index in [-0.39, 0.29) is 11.3 Å². The largest absolute Gasteiger partial charge is 0.496 e. The zero-order valence-corrected chi connectivity index (χ0v) is 11.7. The van der Waals surface area contributed by atoms with Gasteiger partial charge in [0.05, 0.1) is 17.6 Å². The second kappa shape index (κ2) is 6.53. The number of carbonyl (C=O) groups is 1. The highest BCUT2D eigenvalue weighted by Gasteiger charge is 2.15. The first-order valence-electron chi connectivity index (χ1n) is 6.35. The van der Waals surface area contributed by atoms with Crippen LogP contribution >= 0.6 is 0 Å². The standard InChI is InChI=1S/C16H13NO5/c1-22-15-5-3-2-4-13(15)14(16(18)19)10-11-6-8-12(9-7-11)17(20)21/h2-10H,1H3,(H,18,19). The number of nitrogens with zero attached hydrogens (tertiary/aromatic N) is 1. The third-order valence-corrected chi connectivity index (χ3v) is 3.04. The van der Waals surface area contributed by atoms with Crippen LogP contribution in [-0.4, -0.2) is 23.1 Å². The predicted octanol–water partition coefficient (Wildman–Crippen LogP) is 3.23. The summed E-state index contributed by atoms with van der Waals surface area (Å²) in [5.74, 6) is -0.666. The van der Waals surface area contributed by atoms with E-state index >= 15 is 0 Å². The van der Waals surface area contributed by atoms with E-state index in [1.807, 2.05) is 0 Å². The smallest absolute Gasteiger partial charge is 0.336 e. The number of hydrogen-bond donors (Lipinski definition) is 1. The van der Waals surface area contributed by atoms with Gasteiger partial charge in [-0.25, -0.2) is 4.79 Å². The van der Waals surface area contributed by atoms with Gasteiger partial charge >= 0.3 is 5.97 Å². The number of rotatable bonds is 5. The molecular formula is C16H13NO5. The molecule has 2 rings (SSSR count). The summed E-state index contributed by atoms with van der Waals surface area (Å²) in [7, 11) is 1.46. The van der Waals surface area contributed by atoms with Crippen LogP contribution in [0.25, 0.3) is 11.6 Å². The van der Waals surface area contributed by atoms with Crippen molar-refractivity contribution in [2.75, 3.05) is 7.11 Å². The third-order valence-electron chi connectivity index (χ3n) is 3.04. The van der Waals surface area contributed by atoms with Gasteiger partial charge in [-0.2, -0.15) is 0 Å². The molecule has 0 aliphatic heterocycles. The van der Waals surface area contributed by atoms with E-state index < -0.39 is 10.9 Å². The molecule has 6 heteroatoms. The Morgan fingerprint density at radius 2 is 1.82 bits per heavy atom. The third kappa shape index (κ3) is 3.29. The van der Waals surface area contributed by atoms with Crippen molar-refractivity contribution in [1.29, 1.82) is 0 Å². The van der Waals surface area contributed by atoms with E-state index in [0.29, 0.717) is 16.9 Å². The lowest BCUT2D eigenvalue weighted by Gasteiger charge is -2.09. The number of benzene rings is 2. The van der Waals surface area contributed by atoms with Gasteiger partial charge in [-0.3, -0.25) is 10.1 Å². The first-order valence-corrected chi connectivity index (χ1v) is 6.35. The van der Waals surface area contributed by atoms with Crippen molar-refractivity contribution < 1.29 is 19.6 Å². The Bertz CT molecular complexity index is 734. The zero-order chi connectivity index (χ0) is 16.1. The summed E-state index contributed by atoms with van der Waals surface area (Å²) in [4.78, 5) is 21.6. The Hall–Kier alpha value is -3.15. The number of non-ortho nitro benzene ring substituents is 1. The van der Waals surface area contributed by atoms with E-state index in [1.54, 1.807) is 24.3 Å². The predicted molar refractivity (Wildman–Crippen MR) is 81.6 cm³/mol. The van der Waals surface area contributed by atoms with E-state index in [2.05, 4.69) is 0 Å². The quantitative estimate of drug-likeness (QED) is 0.396. The highest BCUT2D eigenvalue weighted by atomic mass is 16.6. The first kappa shape index (κ1) is 15.2. The lowest BCUT2D eigenvalue weighted by Crippen LogP contribution is -2.01. The van der Waals surface area contributed by atoms with Crippen molar-refractivity contribution in [2.45, 2.75) is 0 Å². The second-order valence-corrected chi connectivity index (χ2v) is 4.41. The van der Waals surface area contributed by atoms with E-state index in [9.17, 15) is 20.0 Å². The summed E-state index contributed by atoms with van der Waals surface area (Å²) < 4.78 is 5.17. The van der Waals surface area contributed by atoms with Crippen LogP contribution in [0.15, 0.2) is 48.5 Å². The van der Waals surface area contributed by atoms with Gasteiger partial charge in [-0.15, -0.1) is 0 Å². The first-order chi connectivity index (χ1) is 10.5. The number of methoxy groups -OCH3 is 1. The normalized spacial score (nSPS) is 11.0. The SMILES string of the molecule is COc1ccccc1C(=Cc1ccc([N+](=O)[O-])cc1)C(=O)O. The molecule has 112 valence electrons. The van der Waals surface area contributed by atoms with Gasteiger partial charge in [0.15, 0.2) is 0 Å². The van der Waals surface area contributed by atoms with E-state index in [4.69, 9.17) is 4.74 Å². The highest BCUT2D eigenvalue weighted by molar-refractivity contribution is 6.21. The van der Waals surface area contributed by atoms with Gasteiger partial charge in [0.25, 0.3) is 5.69 Å². The maximum Gasteiger partial charge on any atom is 0.336 e. The molecule has 0 amide bonds. The fraction of sp³-hybridized carbons (Fsp3) is 0.0625. The number of carboxylic acid groups (broad SMARTS) is 1. The molecule has 2 aromatic rings. The van der Waals surface area contributed by atoms with Gasteiger partial charge in [0.1, 0.15) is 5.75 Å². The monoisotopic (exact) mass is 299 g/mol. The second-order valence-electron chi connectivity index (χ2n) is 4.41. The van der Waals surface area contributed by atoms with Crippen LogP contribution in [0.4, 0.5) is 5.69 Å². The molecule has 0 heterocycles. The molecule has 1 N–H and O–H groups in total. The molecule has 0 unspecified atom stereocenters. The van der Waals surface area contributed by atoms with Crippen molar-refractivity contribution in [1.82, 2.24) is 0 Å². The van der Waals surface area contributed by atoms with Crippen LogP contribution in [0.3, 0.4) is 0 Å². The van der Waals surface area contributed by atoms with E-state index in [0.717, 1.165) is 0 Å². The molecule has 2 aromatic carbocycles. The number of para-hydroxylation sites is 1. The number of carboxylic acids is 1. The highest BCUT2D eigenvalue weighted by Crippen LogP contribution is 2.28. The fourth-order valence-corrected chi connectivity index (χ4v) is 1.98. The maximum absolute atomic E-state index is 11.5. The Morgan fingerprint density at radius 3 is 2.36 bits per heavy atom. The number of nitro benzene ring substituents is 1. The number of ether oxygens (including phenoxy) is 1. The summed E-state index contributed by atoms with van der Waals surface area (Å²) in [6.07, 6.45) is 1.45. The Labute approximate surface area is 126 Å². The molecule has 0 spiro atoms. The summed E-state index contributed by atoms with van der Waals surface area (Å²) >= 11 is 0. The summed E-state index contributed by atoms with van der Waals surface area (Å²) in [6, 6.07) is 12.4. The minimum atomic E-state index is -1.11. The van der Waals surface area contributed by atoms with Crippen molar-refractivity contribution in [3.63, 3.8) is 0 Å². The minimum absolute atomic E-state index is 0.0475. The molecule has 22 heavy (non-hydrogen) atoms. The van der Waals surface area contributed by atoms with Crippen molar-refractivity contribution in [3.8, 4) is 5.75 Å². The van der Waals surface area contributed by atoms with Gasteiger partial charge in [-0.1, -0.05) is 18.2 Å². The maximum atomic E-state index is 11.5. The number of aliphatic carboxylic acids is 1. The lowest BCUT2D eigenvalue weighted by atomic mass is 10.0. The summed E-state index contributed by atoms with van der Waals surface area (Å²) in [5, 5.41) is 20.0. The molecule has 0 aromatic heterocycles. The van der Waals surface area contributed by atoms with Gasteiger partial charge in [-0.05, 0) is 29.8 Å². The lowest BCUT2D eigenvalue weighted by molar-refractivity contribution is -0.384. The zero-order valence-electron chi connectivity index (χ0n) is 11.7. The van der Waals surface area contributed by atoms with Crippen LogP contribution in [-0.2, 0) is 4.79 Å². The number of hydrogen-bond acceptors (Lipinski definition) is 4. The minimum Gasteiger partial charge on any atom is -0.496 e. The van der Waals surface area contributed by atoms with Gasteiger partial charge in [0.2, 0.25) is 0 Å². The van der Waals surface area contributed by atoms with Crippen LogP contribution < -0.4 is 4.74 Å². The average molecular weight is 299 g/mol.